The monoisotopic (exact) mass is 670 g/mol. The fourth-order valence-electron chi connectivity index (χ4n) is 9.32. The number of benzene rings is 11. The van der Waals surface area contributed by atoms with Gasteiger partial charge >= 0.3 is 0 Å². The van der Waals surface area contributed by atoms with Crippen LogP contribution in [0.4, 0.5) is 0 Å². The van der Waals surface area contributed by atoms with Gasteiger partial charge in [0.2, 0.25) is 0 Å². The Morgan fingerprint density at radius 1 is 0.245 bits per heavy atom. The van der Waals surface area contributed by atoms with Crippen LogP contribution in [0, 0.1) is 0 Å². The Morgan fingerprint density at radius 3 is 1.43 bits per heavy atom. The van der Waals surface area contributed by atoms with Crippen molar-refractivity contribution in [1.82, 2.24) is 0 Å². The van der Waals surface area contributed by atoms with Crippen LogP contribution in [0.5, 0.6) is 11.5 Å². The Kier molecular flexibility index (Phi) is 5.84. The summed E-state index contributed by atoms with van der Waals surface area (Å²) in [6.07, 6.45) is 0. The first-order valence-corrected chi connectivity index (χ1v) is 18.3. The van der Waals surface area contributed by atoms with E-state index in [1.807, 2.05) is 0 Å². The normalized spacial score (nSPS) is 12.3. The predicted molar refractivity (Wildman–Crippen MR) is 225 cm³/mol. The van der Waals surface area contributed by atoms with Crippen molar-refractivity contribution in [2.24, 2.45) is 0 Å². The number of hydrogen-bond donors (Lipinski definition) is 0. The highest BCUT2D eigenvalue weighted by Crippen LogP contribution is 2.54. The van der Waals surface area contributed by atoms with Gasteiger partial charge in [0.15, 0.2) is 0 Å². The third kappa shape index (κ3) is 4.02. The predicted octanol–water partition coefficient (Wildman–Crippen LogP) is 14.9. The van der Waals surface area contributed by atoms with Crippen molar-refractivity contribution in [2.75, 3.05) is 0 Å². The van der Waals surface area contributed by atoms with Crippen LogP contribution in [0.25, 0.3) is 109 Å². The van der Waals surface area contributed by atoms with Gasteiger partial charge in [-0.1, -0.05) is 158 Å². The van der Waals surface area contributed by atoms with Crippen LogP contribution < -0.4 is 4.74 Å². The first-order valence-electron chi connectivity index (χ1n) is 18.3. The molecular weight excluding hydrogens is 641 g/mol. The number of hydrogen-bond acceptors (Lipinski definition) is 1. The van der Waals surface area contributed by atoms with Crippen LogP contribution in [0.15, 0.2) is 182 Å². The van der Waals surface area contributed by atoms with Gasteiger partial charge in [-0.3, -0.25) is 0 Å². The van der Waals surface area contributed by atoms with Crippen molar-refractivity contribution in [3.8, 4) is 44.9 Å². The Hall–Kier alpha value is -6.96. The molecule has 0 radical (unpaired) electrons. The molecule has 0 N–H and O–H groups in total. The molecule has 11 aromatic carbocycles. The molecule has 0 amide bonds. The highest BCUT2D eigenvalue weighted by atomic mass is 16.5. The molecule has 1 nitrogen and oxygen atoms in total. The van der Waals surface area contributed by atoms with Gasteiger partial charge in [0.05, 0.1) is 0 Å². The molecule has 11 aromatic rings. The second-order valence-electron chi connectivity index (χ2n) is 14.3. The second kappa shape index (κ2) is 10.8. The lowest BCUT2D eigenvalue weighted by Gasteiger charge is -2.25. The lowest BCUT2D eigenvalue weighted by molar-refractivity contribution is 0.488. The molecular formula is C52H30O. The van der Waals surface area contributed by atoms with Gasteiger partial charge in [-0.05, 0) is 122 Å². The minimum atomic E-state index is 0.898. The molecule has 0 fully saturated rings. The van der Waals surface area contributed by atoms with E-state index in [2.05, 4.69) is 182 Å². The van der Waals surface area contributed by atoms with Crippen molar-refractivity contribution in [1.29, 1.82) is 0 Å². The second-order valence-corrected chi connectivity index (χ2v) is 14.3. The molecule has 53 heavy (non-hydrogen) atoms. The van der Waals surface area contributed by atoms with Crippen molar-refractivity contribution in [2.45, 2.75) is 0 Å². The van der Waals surface area contributed by atoms with E-state index in [1.54, 1.807) is 0 Å². The van der Waals surface area contributed by atoms with Crippen LogP contribution in [-0.2, 0) is 0 Å². The molecule has 0 bridgehead atoms. The van der Waals surface area contributed by atoms with E-state index < -0.39 is 0 Å². The molecule has 0 atom stereocenters. The molecule has 1 aliphatic rings. The quantitative estimate of drug-likeness (QED) is 0.166. The summed E-state index contributed by atoms with van der Waals surface area (Å²) in [6.45, 7) is 0. The molecule has 0 saturated heterocycles. The lowest BCUT2D eigenvalue weighted by Crippen LogP contribution is -2.00. The van der Waals surface area contributed by atoms with Gasteiger partial charge in [0, 0.05) is 10.9 Å². The zero-order valence-electron chi connectivity index (χ0n) is 28.7. The van der Waals surface area contributed by atoms with Gasteiger partial charge in [0.25, 0.3) is 0 Å². The standard InChI is InChI=1S/C52H30O/c1-3-16-33-31(13-1)15-11-24-35(33)44-28-45-38-20-7-8-21-39(38)47(29-46(45)37-19-6-5-18-36(37)44)48-30-50-52(42-23-10-9-22-40(42)48)43-26-12-25-41-34-17-4-2-14-32(34)27-49(53-50)51(41)43/h1-30H. The molecule has 1 heterocycles. The maximum atomic E-state index is 7.00. The highest BCUT2D eigenvalue weighted by Gasteiger charge is 2.26. The van der Waals surface area contributed by atoms with E-state index >= 15 is 0 Å². The van der Waals surface area contributed by atoms with Crippen molar-refractivity contribution in [3.05, 3.63) is 182 Å². The van der Waals surface area contributed by atoms with Crippen LogP contribution in [0.3, 0.4) is 0 Å². The number of rotatable bonds is 2. The fraction of sp³-hybridized carbons (Fsp3) is 0. The van der Waals surface area contributed by atoms with Crippen molar-refractivity contribution in [3.63, 3.8) is 0 Å². The summed E-state index contributed by atoms with van der Waals surface area (Å²) < 4.78 is 7.00. The number of fused-ring (bicyclic) bond motifs is 12. The average molecular weight is 671 g/mol. The maximum Gasteiger partial charge on any atom is 0.136 e. The Morgan fingerprint density at radius 2 is 0.717 bits per heavy atom. The van der Waals surface area contributed by atoms with E-state index in [-0.39, 0.29) is 0 Å². The molecule has 0 unspecified atom stereocenters. The molecule has 244 valence electrons. The van der Waals surface area contributed by atoms with E-state index in [9.17, 15) is 0 Å². The first kappa shape index (κ1) is 28.7. The van der Waals surface area contributed by atoms with Gasteiger partial charge in [-0.15, -0.1) is 0 Å². The summed E-state index contributed by atoms with van der Waals surface area (Å²) in [7, 11) is 0. The molecule has 0 aromatic heterocycles. The fourth-order valence-corrected chi connectivity index (χ4v) is 9.32. The molecule has 0 spiro atoms. The molecule has 1 heteroatoms. The average Bonchev–Trinajstić information content (AvgIpc) is 3.22. The largest absolute Gasteiger partial charge is 0.456 e. The summed E-state index contributed by atoms with van der Waals surface area (Å²) in [6, 6.07) is 66.8. The SMILES string of the molecule is c1ccc2c(-c3cc4c5ccccc5c(-c5cc6c(c7ccccc57)-c5cccc7c5c(cc5ccccc57)O6)cc4c4ccccc34)cccc2c1. The summed E-state index contributed by atoms with van der Waals surface area (Å²) in [5, 5.41) is 17.3. The topological polar surface area (TPSA) is 9.23 Å². The van der Waals surface area contributed by atoms with Crippen LogP contribution in [0.1, 0.15) is 0 Å². The summed E-state index contributed by atoms with van der Waals surface area (Å²) >= 11 is 0. The van der Waals surface area contributed by atoms with Gasteiger partial charge in [0.1, 0.15) is 11.5 Å². The van der Waals surface area contributed by atoms with E-state index in [1.165, 1.54) is 103 Å². The summed E-state index contributed by atoms with van der Waals surface area (Å²) in [4.78, 5) is 0. The first-order chi connectivity index (χ1) is 26.3. The molecule has 0 saturated carbocycles. The summed E-state index contributed by atoms with van der Waals surface area (Å²) in [5.74, 6) is 1.81. The minimum absolute atomic E-state index is 0.898. The maximum absolute atomic E-state index is 7.00. The van der Waals surface area contributed by atoms with E-state index in [0.717, 1.165) is 17.1 Å². The lowest BCUT2D eigenvalue weighted by atomic mass is 9.84. The Labute approximate surface area is 305 Å². The van der Waals surface area contributed by atoms with E-state index in [0.29, 0.717) is 0 Å². The van der Waals surface area contributed by atoms with Crippen LogP contribution in [0.2, 0.25) is 0 Å². The van der Waals surface area contributed by atoms with Crippen LogP contribution in [-0.4, -0.2) is 0 Å². The Balaban J connectivity index is 1.17. The molecule has 12 rings (SSSR count). The zero-order valence-corrected chi connectivity index (χ0v) is 28.7. The van der Waals surface area contributed by atoms with Crippen LogP contribution >= 0.6 is 0 Å². The van der Waals surface area contributed by atoms with Gasteiger partial charge in [-0.25, -0.2) is 0 Å². The van der Waals surface area contributed by atoms with Gasteiger partial charge in [-0.2, -0.15) is 0 Å². The minimum Gasteiger partial charge on any atom is -0.456 e. The van der Waals surface area contributed by atoms with Crippen molar-refractivity contribution < 1.29 is 4.74 Å². The smallest absolute Gasteiger partial charge is 0.136 e. The van der Waals surface area contributed by atoms with E-state index in [4.69, 9.17) is 4.74 Å². The number of ether oxygens (including phenoxy) is 1. The third-order valence-electron chi connectivity index (χ3n) is 11.6. The zero-order chi connectivity index (χ0) is 34.6. The third-order valence-corrected chi connectivity index (χ3v) is 11.6. The summed E-state index contributed by atoms with van der Waals surface area (Å²) in [5.41, 5.74) is 7.29. The van der Waals surface area contributed by atoms with Gasteiger partial charge < -0.3 is 4.74 Å². The molecule has 0 aliphatic carbocycles. The van der Waals surface area contributed by atoms with Crippen molar-refractivity contribution >= 4 is 75.4 Å². The highest BCUT2D eigenvalue weighted by molar-refractivity contribution is 6.27. The Bertz CT molecular complexity index is 3360. The molecule has 1 aliphatic heterocycles.